The molecule has 1 saturated carbocycles. The number of hydrogen-bond acceptors (Lipinski definition) is 6. The number of nitrogens with one attached hydrogen (secondary N) is 1. The molecule has 2 heterocycles. The van der Waals surface area contributed by atoms with Crippen molar-refractivity contribution in [3.63, 3.8) is 0 Å². The van der Waals surface area contributed by atoms with Crippen LogP contribution < -0.4 is 5.32 Å². The van der Waals surface area contributed by atoms with Crippen LogP contribution in [0.25, 0.3) is 11.1 Å². The number of anilines is 2. The summed E-state index contributed by atoms with van der Waals surface area (Å²) in [6.45, 7) is 7.45. The fourth-order valence-electron chi connectivity index (χ4n) is 5.35. The number of rotatable bonds is 5. The molecule has 2 aromatic carbocycles. The third-order valence-corrected chi connectivity index (χ3v) is 7.55. The second-order valence-corrected chi connectivity index (χ2v) is 10.2. The molecule has 3 aromatic rings. The van der Waals surface area contributed by atoms with Crippen LogP contribution in [0, 0.1) is 24.2 Å². The Hall–Kier alpha value is -3.08. The molecule has 5 rings (SSSR count). The van der Waals surface area contributed by atoms with E-state index in [0.29, 0.717) is 33.6 Å². The fourth-order valence-corrected chi connectivity index (χ4v) is 5.59. The number of carbonyl (C=O) groups is 1. The molecule has 1 N–H and O–H groups in total. The lowest BCUT2D eigenvalue weighted by molar-refractivity contribution is -0.140. The molecule has 1 aromatic heterocycles. The Kier molecular flexibility index (Phi) is 6.68. The van der Waals surface area contributed by atoms with Crippen molar-refractivity contribution in [3.8, 4) is 6.07 Å². The number of halogens is 1. The van der Waals surface area contributed by atoms with E-state index >= 15 is 0 Å². The Labute approximate surface area is 210 Å². The first kappa shape index (κ1) is 23.7. The first-order valence-corrected chi connectivity index (χ1v) is 12.7. The molecule has 1 saturated heterocycles. The van der Waals surface area contributed by atoms with E-state index in [1.54, 1.807) is 18.2 Å². The molecule has 1 aliphatic carbocycles. The zero-order valence-corrected chi connectivity index (χ0v) is 20.9. The van der Waals surface area contributed by atoms with Gasteiger partial charge in [-0.05, 0) is 68.1 Å². The maximum atomic E-state index is 12.9. The summed E-state index contributed by atoms with van der Waals surface area (Å²) in [4.78, 5) is 21.9. The number of fused-ring (bicyclic) bond motifs is 1. The van der Waals surface area contributed by atoms with Crippen molar-refractivity contribution >= 4 is 40.3 Å². The molecule has 8 heteroatoms. The van der Waals surface area contributed by atoms with E-state index in [1.165, 1.54) is 12.8 Å². The van der Waals surface area contributed by atoms with Crippen molar-refractivity contribution < 1.29 is 9.21 Å². The summed E-state index contributed by atoms with van der Waals surface area (Å²) >= 11 is 6.49. The highest BCUT2D eigenvalue weighted by Crippen LogP contribution is 2.31. The molecular formula is C27H30ClN5O2. The van der Waals surface area contributed by atoms with Crippen LogP contribution in [0.3, 0.4) is 0 Å². The predicted molar refractivity (Wildman–Crippen MR) is 137 cm³/mol. The van der Waals surface area contributed by atoms with E-state index in [2.05, 4.69) is 40.0 Å². The SMILES string of the molecule is Cc1c(CN2CCN(C(=O)C3CCCC3)C(C)C2)cc(Cl)cc1Nc1nc2cc(C#N)ccc2o1. The largest absolute Gasteiger partial charge is 0.423 e. The van der Waals surface area contributed by atoms with E-state index in [0.717, 1.165) is 55.8 Å². The lowest BCUT2D eigenvalue weighted by Crippen LogP contribution is -2.54. The van der Waals surface area contributed by atoms with Gasteiger partial charge in [-0.15, -0.1) is 0 Å². The Balaban J connectivity index is 1.29. The molecule has 1 amide bonds. The van der Waals surface area contributed by atoms with Gasteiger partial charge in [0.15, 0.2) is 5.58 Å². The van der Waals surface area contributed by atoms with E-state index in [4.69, 9.17) is 21.3 Å². The molecule has 1 aliphatic heterocycles. The average Bonchev–Trinajstić information content (AvgIpc) is 3.51. The number of amides is 1. The zero-order valence-electron chi connectivity index (χ0n) is 20.2. The number of oxazole rings is 1. The smallest absolute Gasteiger partial charge is 0.300 e. The Morgan fingerprint density at radius 1 is 1.26 bits per heavy atom. The normalized spacial score (nSPS) is 19.3. The molecule has 2 fully saturated rings. The molecule has 35 heavy (non-hydrogen) atoms. The Morgan fingerprint density at radius 2 is 2.06 bits per heavy atom. The first-order chi connectivity index (χ1) is 16.9. The number of piperazine rings is 1. The standard InChI is InChI=1S/C27H30ClN5O2/c1-17-15-32(9-10-33(17)26(34)20-5-3-4-6-20)16-21-12-22(28)13-23(18(21)2)30-27-31-24-11-19(14-29)7-8-25(24)35-27/h7-8,11-13,17,20H,3-6,9-10,15-16H2,1-2H3,(H,30,31). The number of carbonyl (C=O) groups excluding carboxylic acids is 1. The molecule has 0 spiro atoms. The van der Waals surface area contributed by atoms with Gasteiger partial charge in [0.05, 0.1) is 11.6 Å². The van der Waals surface area contributed by atoms with Crippen molar-refractivity contribution in [2.24, 2.45) is 5.92 Å². The molecule has 1 unspecified atom stereocenters. The van der Waals surface area contributed by atoms with Gasteiger partial charge in [0, 0.05) is 48.8 Å². The third kappa shape index (κ3) is 5.00. The highest BCUT2D eigenvalue weighted by Gasteiger charge is 2.33. The minimum absolute atomic E-state index is 0.201. The molecule has 7 nitrogen and oxygen atoms in total. The maximum Gasteiger partial charge on any atom is 0.300 e. The van der Waals surface area contributed by atoms with Gasteiger partial charge in [0.25, 0.3) is 6.01 Å². The van der Waals surface area contributed by atoms with Gasteiger partial charge < -0.3 is 14.6 Å². The number of aromatic nitrogens is 1. The quantitative estimate of drug-likeness (QED) is 0.498. The van der Waals surface area contributed by atoms with Crippen LogP contribution >= 0.6 is 11.6 Å². The van der Waals surface area contributed by atoms with E-state index in [-0.39, 0.29) is 12.0 Å². The van der Waals surface area contributed by atoms with Crippen molar-refractivity contribution in [1.82, 2.24) is 14.8 Å². The average molecular weight is 492 g/mol. The lowest BCUT2D eigenvalue weighted by atomic mass is 10.0. The van der Waals surface area contributed by atoms with Gasteiger partial charge in [-0.2, -0.15) is 10.2 Å². The molecule has 2 aliphatic rings. The topological polar surface area (TPSA) is 85.4 Å². The highest BCUT2D eigenvalue weighted by atomic mass is 35.5. The van der Waals surface area contributed by atoms with Crippen LogP contribution in [0.2, 0.25) is 5.02 Å². The summed E-state index contributed by atoms with van der Waals surface area (Å²) in [5.41, 5.74) is 4.83. The van der Waals surface area contributed by atoms with Crippen molar-refractivity contribution in [3.05, 3.63) is 52.0 Å². The van der Waals surface area contributed by atoms with E-state index in [9.17, 15) is 4.79 Å². The molecule has 182 valence electrons. The summed E-state index contributed by atoms with van der Waals surface area (Å²) in [5, 5.41) is 13.0. The van der Waals surface area contributed by atoms with Crippen LogP contribution in [-0.2, 0) is 11.3 Å². The molecular weight excluding hydrogens is 462 g/mol. The summed E-state index contributed by atoms with van der Waals surface area (Å²) in [6, 6.07) is 11.7. The van der Waals surface area contributed by atoms with Crippen LogP contribution in [0.4, 0.5) is 11.7 Å². The zero-order chi connectivity index (χ0) is 24.5. The first-order valence-electron chi connectivity index (χ1n) is 12.3. The predicted octanol–water partition coefficient (Wildman–Crippen LogP) is 5.63. The van der Waals surface area contributed by atoms with Crippen molar-refractivity contribution in [2.45, 2.75) is 52.1 Å². The number of hydrogen-bond donors (Lipinski definition) is 1. The van der Waals surface area contributed by atoms with Gasteiger partial charge in [-0.25, -0.2) is 0 Å². The van der Waals surface area contributed by atoms with Crippen LogP contribution in [0.5, 0.6) is 0 Å². The monoisotopic (exact) mass is 491 g/mol. The molecule has 0 bridgehead atoms. The number of benzene rings is 2. The lowest BCUT2D eigenvalue weighted by Gasteiger charge is -2.41. The minimum atomic E-state index is 0.201. The summed E-state index contributed by atoms with van der Waals surface area (Å²) in [7, 11) is 0. The molecule has 0 radical (unpaired) electrons. The van der Waals surface area contributed by atoms with E-state index < -0.39 is 0 Å². The van der Waals surface area contributed by atoms with Crippen molar-refractivity contribution in [2.75, 3.05) is 25.0 Å². The van der Waals surface area contributed by atoms with Gasteiger partial charge in [0.2, 0.25) is 5.91 Å². The summed E-state index contributed by atoms with van der Waals surface area (Å²) in [5.74, 6) is 0.575. The highest BCUT2D eigenvalue weighted by molar-refractivity contribution is 6.31. The maximum absolute atomic E-state index is 12.9. The summed E-state index contributed by atoms with van der Waals surface area (Å²) in [6.07, 6.45) is 4.45. The van der Waals surface area contributed by atoms with Crippen LogP contribution in [-0.4, -0.2) is 46.4 Å². The number of nitriles is 1. The third-order valence-electron chi connectivity index (χ3n) is 7.33. The minimum Gasteiger partial charge on any atom is -0.423 e. The summed E-state index contributed by atoms with van der Waals surface area (Å²) < 4.78 is 5.82. The Morgan fingerprint density at radius 3 is 2.80 bits per heavy atom. The molecule has 1 atom stereocenters. The van der Waals surface area contributed by atoms with Gasteiger partial charge in [-0.1, -0.05) is 24.4 Å². The number of nitrogens with zero attached hydrogens (tertiary/aromatic N) is 4. The Bertz CT molecular complexity index is 1290. The van der Waals surface area contributed by atoms with Gasteiger partial charge in [-0.3, -0.25) is 9.69 Å². The van der Waals surface area contributed by atoms with Crippen LogP contribution in [0.15, 0.2) is 34.7 Å². The fraction of sp³-hybridized carbons (Fsp3) is 0.444. The van der Waals surface area contributed by atoms with Gasteiger partial charge in [0.1, 0.15) is 5.52 Å². The van der Waals surface area contributed by atoms with Gasteiger partial charge >= 0.3 is 0 Å². The van der Waals surface area contributed by atoms with Crippen molar-refractivity contribution in [1.29, 1.82) is 5.26 Å². The second kappa shape index (κ2) is 9.88. The van der Waals surface area contributed by atoms with Crippen LogP contribution in [0.1, 0.15) is 49.3 Å². The second-order valence-electron chi connectivity index (χ2n) is 9.77. The van der Waals surface area contributed by atoms with E-state index in [1.807, 2.05) is 12.1 Å².